The van der Waals surface area contributed by atoms with Crippen LogP contribution in [0.5, 0.6) is 0 Å². The number of nitrogens with zero attached hydrogens (tertiary/aromatic N) is 2. The molecule has 132 valence electrons. The zero-order valence-electron chi connectivity index (χ0n) is 13.7. The summed E-state index contributed by atoms with van der Waals surface area (Å²) in [7, 11) is 0. The van der Waals surface area contributed by atoms with Crippen LogP contribution in [0.15, 0.2) is 36.4 Å². The standard InChI is InChI=1S/C18H17F3N2OS/c1-11-7-9-23(10-8-11)17(24)15-12(2)22-16(25-15)13-3-5-14(6-4-13)18(19,20)21/h3-6H,1,7-10H2,2H3. The molecule has 0 radical (unpaired) electrons. The Kier molecular flexibility index (Phi) is 4.69. The molecule has 3 rings (SSSR count). The molecule has 0 aliphatic carbocycles. The predicted octanol–water partition coefficient (Wildman–Crippen LogP) is 4.93. The SMILES string of the molecule is C=C1CCN(C(=O)c2sc(-c3ccc(C(F)(F)F)cc3)nc2C)CC1. The van der Waals surface area contributed by atoms with Gasteiger partial charge in [-0.1, -0.05) is 24.3 Å². The van der Waals surface area contributed by atoms with Crippen LogP contribution in [0.3, 0.4) is 0 Å². The maximum atomic E-state index is 12.7. The quantitative estimate of drug-likeness (QED) is 0.706. The number of alkyl halides is 3. The summed E-state index contributed by atoms with van der Waals surface area (Å²) in [5.74, 6) is -0.0688. The third kappa shape index (κ3) is 3.76. The second-order valence-electron chi connectivity index (χ2n) is 6.05. The molecule has 0 unspecified atom stereocenters. The third-order valence-electron chi connectivity index (χ3n) is 4.21. The van der Waals surface area contributed by atoms with E-state index in [-0.39, 0.29) is 5.91 Å². The molecule has 1 fully saturated rings. The van der Waals surface area contributed by atoms with E-state index in [2.05, 4.69) is 11.6 Å². The van der Waals surface area contributed by atoms with E-state index in [4.69, 9.17) is 0 Å². The van der Waals surface area contributed by atoms with Gasteiger partial charge in [-0.05, 0) is 31.9 Å². The molecular formula is C18H17F3N2OS. The number of aromatic nitrogens is 1. The van der Waals surface area contributed by atoms with Crippen LogP contribution < -0.4 is 0 Å². The van der Waals surface area contributed by atoms with Crippen molar-refractivity contribution in [2.24, 2.45) is 0 Å². The van der Waals surface area contributed by atoms with Crippen molar-refractivity contribution < 1.29 is 18.0 Å². The van der Waals surface area contributed by atoms with Gasteiger partial charge in [-0.3, -0.25) is 4.79 Å². The van der Waals surface area contributed by atoms with Crippen molar-refractivity contribution in [1.82, 2.24) is 9.88 Å². The first kappa shape index (κ1) is 17.7. The molecule has 0 N–H and O–H groups in total. The van der Waals surface area contributed by atoms with E-state index in [9.17, 15) is 18.0 Å². The summed E-state index contributed by atoms with van der Waals surface area (Å²) in [4.78, 5) is 19.4. The zero-order chi connectivity index (χ0) is 18.2. The van der Waals surface area contributed by atoms with Crippen molar-refractivity contribution in [3.05, 3.63) is 52.6 Å². The van der Waals surface area contributed by atoms with Gasteiger partial charge < -0.3 is 4.90 Å². The minimum atomic E-state index is -4.36. The fraction of sp³-hybridized carbons (Fsp3) is 0.333. The lowest BCUT2D eigenvalue weighted by atomic mass is 10.1. The summed E-state index contributed by atoms with van der Waals surface area (Å²) in [5, 5.41) is 0.552. The fourth-order valence-corrected chi connectivity index (χ4v) is 3.73. The normalized spacial score (nSPS) is 15.5. The Morgan fingerprint density at radius 3 is 2.36 bits per heavy atom. The lowest BCUT2D eigenvalue weighted by Gasteiger charge is -2.27. The number of benzene rings is 1. The van der Waals surface area contributed by atoms with Crippen molar-refractivity contribution in [2.45, 2.75) is 25.9 Å². The van der Waals surface area contributed by atoms with Gasteiger partial charge in [0.15, 0.2) is 0 Å². The molecule has 3 nitrogen and oxygen atoms in total. The summed E-state index contributed by atoms with van der Waals surface area (Å²) in [5.41, 5.74) is 1.63. The maximum Gasteiger partial charge on any atom is 0.416 e. The molecular weight excluding hydrogens is 349 g/mol. The van der Waals surface area contributed by atoms with Crippen molar-refractivity contribution in [1.29, 1.82) is 0 Å². The van der Waals surface area contributed by atoms with Crippen LogP contribution in [0.1, 0.15) is 33.8 Å². The molecule has 1 aliphatic rings. The number of aryl methyl sites for hydroxylation is 1. The van der Waals surface area contributed by atoms with Crippen molar-refractivity contribution >= 4 is 17.2 Å². The molecule has 1 amide bonds. The van der Waals surface area contributed by atoms with Crippen molar-refractivity contribution in [3.8, 4) is 10.6 Å². The number of piperidine rings is 1. The first-order valence-corrected chi connectivity index (χ1v) is 8.68. The lowest BCUT2D eigenvalue weighted by Crippen LogP contribution is -2.36. The smallest absolute Gasteiger partial charge is 0.337 e. The molecule has 0 atom stereocenters. The van der Waals surface area contributed by atoms with Gasteiger partial charge in [-0.25, -0.2) is 4.98 Å². The second kappa shape index (κ2) is 6.63. The number of carbonyl (C=O) groups excluding carboxylic acids is 1. The average Bonchev–Trinajstić information content (AvgIpc) is 2.96. The molecule has 1 aromatic heterocycles. The van der Waals surface area contributed by atoms with E-state index < -0.39 is 11.7 Å². The van der Waals surface area contributed by atoms with E-state index in [0.29, 0.717) is 34.2 Å². The van der Waals surface area contributed by atoms with Gasteiger partial charge in [-0.15, -0.1) is 11.3 Å². The Morgan fingerprint density at radius 1 is 1.20 bits per heavy atom. The molecule has 2 aromatic rings. The molecule has 25 heavy (non-hydrogen) atoms. The molecule has 7 heteroatoms. The highest BCUT2D eigenvalue weighted by Crippen LogP contribution is 2.33. The third-order valence-corrected chi connectivity index (χ3v) is 5.40. The van der Waals surface area contributed by atoms with Gasteiger partial charge in [0.2, 0.25) is 0 Å². The Morgan fingerprint density at radius 2 is 1.80 bits per heavy atom. The van der Waals surface area contributed by atoms with Gasteiger partial charge in [0, 0.05) is 18.7 Å². The predicted molar refractivity (Wildman–Crippen MR) is 91.6 cm³/mol. The van der Waals surface area contributed by atoms with E-state index in [1.54, 1.807) is 11.8 Å². The summed E-state index contributed by atoms with van der Waals surface area (Å²) in [6, 6.07) is 4.84. The molecule has 2 heterocycles. The highest BCUT2D eigenvalue weighted by atomic mass is 32.1. The summed E-state index contributed by atoms with van der Waals surface area (Å²) in [6.45, 7) is 6.98. The van der Waals surface area contributed by atoms with Gasteiger partial charge in [-0.2, -0.15) is 13.2 Å². The Balaban J connectivity index is 1.82. The van der Waals surface area contributed by atoms with Gasteiger partial charge in [0.25, 0.3) is 5.91 Å². The lowest BCUT2D eigenvalue weighted by molar-refractivity contribution is -0.137. The van der Waals surface area contributed by atoms with Crippen LogP contribution in [-0.2, 0) is 6.18 Å². The molecule has 0 spiro atoms. The topological polar surface area (TPSA) is 33.2 Å². The van der Waals surface area contributed by atoms with E-state index in [1.807, 2.05) is 0 Å². The molecule has 0 bridgehead atoms. The second-order valence-corrected chi connectivity index (χ2v) is 7.05. The number of halogens is 3. The summed E-state index contributed by atoms with van der Waals surface area (Å²) >= 11 is 1.22. The van der Waals surface area contributed by atoms with Crippen LogP contribution >= 0.6 is 11.3 Å². The molecule has 1 saturated heterocycles. The fourth-order valence-electron chi connectivity index (χ4n) is 2.69. The first-order chi connectivity index (χ1) is 11.8. The van der Waals surface area contributed by atoms with E-state index >= 15 is 0 Å². The largest absolute Gasteiger partial charge is 0.416 e. The number of hydrogen-bond acceptors (Lipinski definition) is 3. The minimum Gasteiger partial charge on any atom is -0.337 e. The van der Waals surface area contributed by atoms with Crippen LogP contribution in [0.25, 0.3) is 10.6 Å². The van der Waals surface area contributed by atoms with Gasteiger partial charge in [0.05, 0.1) is 11.3 Å². The Labute approximate surface area is 147 Å². The Bertz CT molecular complexity index is 799. The van der Waals surface area contributed by atoms with Gasteiger partial charge in [0.1, 0.15) is 9.88 Å². The number of hydrogen-bond donors (Lipinski definition) is 0. The van der Waals surface area contributed by atoms with E-state index in [0.717, 1.165) is 30.5 Å². The summed E-state index contributed by atoms with van der Waals surface area (Å²) < 4.78 is 38.0. The number of rotatable bonds is 2. The molecule has 1 aliphatic heterocycles. The van der Waals surface area contributed by atoms with Gasteiger partial charge >= 0.3 is 6.18 Å². The van der Waals surface area contributed by atoms with Crippen LogP contribution in [0.2, 0.25) is 0 Å². The van der Waals surface area contributed by atoms with Crippen LogP contribution in [-0.4, -0.2) is 28.9 Å². The highest BCUT2D eigenvalue weighted by molar-refractivity contribution is 7.17. The van der Waals surface area contributed by atoms with Crippen molar-refractivity contribution in [2.75, 3.05) is 13.1 Å². The first-order valence-electron chi connectivity index (χ1n) is 7.86. The number of amides is 1. The monoisotopic (exact) mass is 366 g/mol. The maximum absolute atomic E-state index is 12.7. The van der Waals surface area contributed by atoms with Crippen LogP contribution in [0.4, 0.5) is 13.2 Å². The van der Waals surface area contributed by atoms with Crippen molar-refractivity contribution in [3.63, 3.8) is 0 Å². The zero-order valence-corrected chi connectivity index (χ0v) is 14.5. The number of thiazole rings is 1. The molecule has 1 aromatic carbocycles. The van der Waals surface area contributed by atoms with Crippen LogP contribution in [0, 0.1) is 6.92 Å². The number of carbonyl (C=O) groups is 1. The summed E-state index contributed by atoms with van der Waals surface area (Å²) in [6.07, 6.45) is -2.76. The Hall–Kier alpha value is -2.15. The average molecular weight is 366 g/mol. The minimum absolute atomic E-state index is 0.0688. The highest BCUT2D eigenvalue weighted by Gasteiger charge is 2.30. The number of likely N-dealkylation sites (tertiary alicyclic amines) is 1. The van der Waals surface area contributed by atoms with E-state index in [1.165, 1.54) is 23.5 Å². The molecule has 0 saturated carbocycles.